The lowest BCUT2D eigenvalue weighted by atomic mass is 10.2. The molecule has 2 aromatic rings. The van der Waals surface area contributed by atoms with Crippen LogP contribution in [0.25, 0.3) is 0 Å². The van der Waals surface area contributed by atoms with Crippen molar-refractivity contribution in [1.29, 1.82) is 0 Å². The number of amides is 1. The number of nitrogens with one attached hydrogen (secondary N) is 1. The highest BCUT2D eigenvalue weighted by molar-refractivity contribution is 5.94. The van der Waals surface area contributed by atoms with Crippen LogP contribution >= 0.6 is 0 Å². The van der Waals surface area contributed by atoms with Gasteiger partial charge in [-0.15, -0.1) is 0 Å². The van der Waals surface area contributed by atoms with E-state index in [4.69, 9.17) is 0 Å². The van der Waals surface area contributed by atoms with Crippen LogP contribution in [0.3, 0.4) is 0 Å². The Morgan fingerprint density at radius 3 is 2.78 bits per heavy atom. The maximum absolute atomic E-state index is 12.3. The average Bonchev–Trinajstić information content (AvgIpc) is 2.98. The lowest BCUT2D eigenvalue weighted by molar-refractivity contribution is 0.0937. The van der Waals surface area contributed by atoms with Crippen molar-refractivity contribution in [3.63, 3.8) is 0 Å². The molecule has 0 bridgehead atoms. The largest absolute Gasteiger partial charge is 0.348 e. The third kappa shape index (κ3) is 3.87. The number of aryl methyl sites for hydroxylation is 1. The molecule has 1 aliphatic heterocycles. The van der Waals surface area contributed by atoms with Gasteiger partial charge in [-0.25, -0.2) is 0 Å². The highest BCUT2D eigenvalue weighted by Crippen LogP contribution is 2.13. The van der Waals surface area contributed by atoms with E-state index < -0.39 is 0 Å². The van der Waals surface area contributed by atoms with E-state index in [2.05, 4.69) is 22.3 Å². The number of hydrogen-bond acceptors (Lipinski definition) is 3. The zero-order valence-electron chi connectivity index (χ0n) is 13.2. The smallest absolute Gasteiger partial charge is 0.251 e. The van der Waals surface area contributed by atoms with Gasteiger partial charge in [0, 0.05) is 50.6 Å². The van der Waals surface area contributed by atoms with Crippen molar-refractivity contribution in [2.24, 2.45) is 7.05 Å². The maximum atomic E-state index is 12.3. The van der Waals surface area contributed by atoms with E-state index in [1.165, 1.54) is 16.2 Å². The molecule has 1 atom stereocenters. The van der Waals surface area contributed by atoms with Gasteiger partial charge in [0.25, 0.3) is 11.5 Å². The van der Waals surface area contributed by atoms with Crippen molar-refractivity contribution in [1.82, 2.24) is 14.8 Å². The van der Waals surface area contributed by atoms with Gasteiger partial charge in [0.1, 0.15) is 0 Å². The average molecular weight is 311 g/mol. The molecule has 1 N–H and O–H groups in total. The molecular weight excluding hydrogens is 290 g/mol. The highest BCUT2D eigenvalue weighted by atomic mass is 16.2. The van der Waals surface area contributed by atoms with Crippen LogP contribution in [0.15, 0.2) is 53.5 Å². The predicted octanol–water partition coefficient (Wildman–Crippen LogP) is 1.39. The Morgan fingerprint density at radius 2 is 2.04 bits per heavy atom. The Bertz CT molecular complexity index is 739. The van der Waals surface area contributed by atoms with Gasteiger partial charge in [0.05, 0.1) is 0 Å². The Hall–Kier alpha value is -2.40. The third-order valence-electron chi connectivity index (χ3n) is 4.22. The number of nitrogens with zero attached hydrogens (tertiary/aromatic N) is 2. The minimum Gasteiger partial charge on any atom is -0.348 e. The molecule has 1 saturated heterocycles. The third-order valence-corrected chi connectivity index (χ3v) is 4.22. The maximum Gasteiger partial charge on any atom is 0.251 e. The summed E-state index contributed by atoms with van der Waals surface area (Å²) in [7, 11) is 1.67. The van der Waals surface area contributed by atoms with Gasteiger partial charge in [-0.3, -0.25) is 14.5 Å². The van der Waals surface area contributed by atoms with E-state index in [0.717, 1.165) is 26.1 Å². The summed E-state index contributed by atoms with van der Waals surface area (Å²) in [5.41, 5.74) is 1.54. The summed E-state index contributed by atoms with van der Waals surface area (Å²) in [5, 5.41) is 3.03. The van der Waals surface area contributed by atoms with Gasteiger partial charge in [0.15, 0.2) is 0 Å². The molecule has 1 fully saturated rings. The molecule has 3 rings (SSSR count). The van der Waals surface area contributed by atoms with Crippen molar-refractivity contribution >= 4 is 5.91 Å². The van der Waals surface area contributed by atoms with E-state index in [1.807, 2.05) is 18.2 Å². The van der Waals surface area contributed by atoms with E-state index in [1.54, 1.807) is 19.3 Å². The van der Waals surface area contributed by atoms with Crippen LogP contribution in [-0.2, 0) is 13.6 Å². The predicted molar refractivity (Wildman–Crippen MR) is 89.3 cm³/mol. The first-order valence-corrected chi connectivity index (χ1v) is 7.85. The molecule has 5 nitrogen and oxygen atoms in total. The molecule has 1 amide bonds. The molecule has 0 unspecified atom stereocenters. The van der Waals surface area contributed by atoms with Crippen molar-refractivity contribution in [2.75, 3.05) is 13.1 Å². The summed E-state index contributed by atoms with van der Waals surface area (Å²) in [6.07, 6.45) is 2.55. The minimum atomic E-state index is -0.172. The molecule has 0 spiro atoms. The molecule has 0 saturated carbocycles. The van der Waals surface area contributed by atoms with Crippen LogP contribution in [0.5, 0.6) is 0 Å². The van der Waals surface area contributed by atoms with Gasteiger partial charge in [-0.05, 0) is 18.1 Å². The van der Waals surface area contributed by atoms with Gasteiger partial charge in [-0.2, -0.15) is 0 Å². The Balaban J connectivity index is 1.56. The van der Waals surface area contributed by atoms with Crippen molar-refractivity contribution in [3.05, 3.63) is 70.1 Å². The van der Waals surface area contributed by atoms with E-state index >= 15 is 0 Å². The number of benzene rings is 1. The second kappa shape index (κ2) is 6.79. The number of carbonyl (C=O) groups excluding carboxylic acids is 1. The summed E-state index contributed by atoms with van der Waals surface area (Å²) in [5.74, 6) is -0.172. The van der Waals surface area contributed by atoms with Crippen molar-refractivity contribution in [2.45, 2.75) is 19.0 Å². The minimum absolute atomic E-state index is 0.135. The highest BCUT2D eigenvalue weighted by Gasteiger charge is 2.24. The number of pyridine rings is 1. The second-order valence-electron chi connectivity index (χ2n) is 6.04. The normalized spacial score (nSPS) is 18.0. The van der Waals surface area contributed by atoms with Crippen LogP contribution in [0.2, 0.25) is 0 Å². The molecule has 0 radical (unpaired) electrons. The number of aromatic nitrogens is 1. The Kier molecular flexibility index (Phi) is 4.57. The standard InChI is InChI=1S/C18H21N3O2/c1-20-9-7-15(11-17(20)22)18(23)19-16-8-10-21(13-16)12-14-5-3-2-4-6-14/h2-7,9,11,16H,8,10,12-13H2,1H3,(H,19,23)/t16-/m1/s1. The lowest BCUT2D eigenvalue weighted by Gasteiger charge is -2.17. The molecular formula is C18H21N3O2. The Morgan fingerprint density at radius 1 is 1.26 bits per heavy atom. The molecule has 1 aromatic carbocycles. The lowest BCUT2D eigenvalue weighted by Crippen LogP contribution is -2.37. The molecule has 23 heavy (non-hydrogen) atoms. The van der Waals surface area contributed by atoms with E-state index in [9.17, 15) is 9.59 Å². The molecule has 1 aromatic heterocycles. The van der Waals surface area contributed by atoms with Gasteiger partial charge in [-0.1, -0.05) is 30.3 Å². The molecule has 1 aliphatic rings. The summed E-state index contributed by atoms with van der Waals surface area (Å²) >= 11 is 0. The van der Waals surface area contributed by atoms with Crippen LogP contribution in [-0.4, -0.2) is 34.5 Å². The van der Waals surface area contributed by atoms with E-state index in [-0.39, 0.29) is 17.5 Å². The molecule has 0 aliphatic carbocycles. The Labute approximate surface area is 135 Å². The van der Waals surface area contributed by atoms with Crippen molar-refractivity contribution in [3.8, 4) is 0 Å². The fourth-order valence-electron chi connectivity index (χ4n) is 2.89. The van der Waals surface area contributed by atoms with Crippen LogP contribution in [0.1, 0.15) is 22.3 Å². The first kappa shape index (κ1) is 15.5. The molecule has 5 heteroatoms. The van der Waals surface area contributed by atoms with Crippen LogP contribution in [0.4, 0.5) is 0 Å². The van der Waals surface area contributed by atoms with Gasteiger partial charge < -0.3 is 9.88 Å². The van der Waals surface area contributed by atoms with Crippen molar-refractivity contribution < 1.29 is 4.79 Å². The topological polar surface area (TPSA) is 54.3 Å². The summed E-state index contributed by atoms with van der Waals surface area (Å²) in [6, 6.07) is 13.5. The molecule has 120 valence electrons. The summed E-state index contributed by atoms with van der Waals surface area (Å²) < 4.78 is 1.45. The number of rotatable bonds is 4. The van der Waals surface area contributed by atoms with Gasteiger partial charge >= 0.3 is 0 Å². The fraction of sp³-hybridized carbons (Fsp3) is 0.333. The quantitative estimate of drug-likeness (QED) is 0.928. The number of carbonyl (C=O) groups is 1. The molecule has 2 heterocycles. The zero-order valence-corrected chi connectivity index (χ0v) is 13.2. The monoisotopic (exact) mass is 311 g/mol. The number of hydrogen-bond donors (Lipinski definition) is 1. The second-order valence-corrected chi connectivity index (χ2v) is 6.04. The van der Waals surface area contributed by atoms with E-state index in [0.29, 0.717) is 5.56 Å². The fourth-order valence-corrected chi connectivity index (χ4v) is 2.89. The number of likely N-dealkylation sites (tertiary alicyclic amines) is 1. The summed E-state index contributed by atoms with van der Waals surface area (Å²) in [6.45, 7) is 2.71. The summed E-state index contributed by atoms with van der Waals surface area (Å²) in [4.78, 5) is 26.2. The van der Waals surface area contributed by atoms with Crippen LogP contribution < -0.4 is 10.9 Å². The van der Waals surface area contributed by atoms with Gasteiger partial charge in [0.2, 0.25) is 0 Å². The van der Waals surface area contributed by atoms with Crippen LogP contribution in [0, 0.1) is 0 Å². The zero-order chi connectivity index (χ0) is 16.2. The first-order valence-electron chi connectivity index (χ1n) is 7.85. The first-order chi connectivity index (χ1) is 11.1. The SMILES string of the molecule is Cn1ccc(C(=O)N[C@@H]2CCN(Cc3ccccc3)C2)cc1=O.